The van der Waals surface area contributed by atoms with Crippen LogP contribution in [0, 0.1) is 0 Å². The molecule has 0 aliphatic carbocycles. The molecular formula is C10H14N2O3S2. The van der Waals surface area contributed by atoms with Gasteiger partial charge in [0.05, 0.1) is 24.0 Å². The molecule has 5 nitrogen and oxygen atoms in total. The zero-order valence-electron chi connectivity index (χ0n) is 9.63. The molecule has 0 aliphatic rings. The van der Waals surface area contributed by atoms with Crippen molar-refractivity contribution >= 4 is 35.0 Å². The molecule has 1 rings (SSSR count). The number of thiazole rings is 1. The summed E-state index contributed by atoms with van der Waals surface area (Å²) in [4.78, 5) is 26.3. The van der Waals surface area contributed by atoms with Crippen molar-refractivity contribution in [3.8, 4) is 0 Å². The van der Waals surface area contributed by atoms with Gasteiger partial charge in [0, 0.05) is 5.38 Å². The summed E-state index contributed by atoms with van der Waals surface area (Å²) in [6, 6.07) is 0. The lowest BCUT2D eigenvalue weighted by Crippen LogP contribution is -2.22. The Morgan fingerprint density at radius 3 is 2.94 bits per heavy atom. The molecule has 0 saturated heterocycles. The molecule has 0 saturated carbocycles. The van der Waals surface area contributed by atoms with E-state index in [2.05, 4.69) is 4.98 Å². The van der Waals surface area contributed by atoms with Crippen LogP contribution in [0.2, 0.25) is 0 Å². The molecule has 0 aliphatic heterocycles. The van der Waals surface area contributed by atoms with Crippen molar-refractivity contribution in [1.29, 1.82) is 0 Å². The van der Waals surface area contributed by atoms with Gasteiger partial charge in [0.2, 0.25) is 5.91 Å². The highest BCUT2D eigenvalue weighted by Gasteiger charge is 2.14. The molecule has 0 unspecified atom stereocenters. The van der Waals surface area contributed by atoms with Crippen LogP contribution in [0.5, 0.6) is 0 Å². The Hall–Kier alpha value is -1.08. The summed E-state index contributed by atoms with van der Waals surface area (Å²) in [5, 5.41) is 1.46. The Morgan fingerprint density at radius 2 is 2.35 bits per heavy atom. The molecule has 7 heteroatoms. The SMILES string of the molecule is CCOC(=O)Cc1csc(S[C@@H](C)C(N)=O)n1. The third-order valence-electron chi connectivity index (χ3n) is 1.84. The average molecular weight is 274 g/mol. The molecular weight excluding hydrogens is 260 g/mol. The van der Waals surface area contributed by atoms with Crippen LogP contribution in [-0.2, 0) is 20.7 Å². The highest BCUT2D eigenvalue weighted by molar-refractivity contribution is 8.02. The number of carbonyl (C=O) groups excluding carboxylic acids is 2. The van der Waals surface area contributed by atoms with E-state index in [0.717, 1.165) is 4.34 Å². The van der Waals surface area contributed by atoms with Crippen molar-refractivity contribution < 1.29 is 14.3 Å². The number of primary amides is 1. The molecule has 94 valence electrons. The first-order valence-corrected chi connectivity index (χ1v) is 6.84. The van der Waals surface area contributed by atoms with E-state index in [4.69, 9.17) is 10.5 Å². The standard InChI is InChI=1S/C10H14N2O3S2/c1-3-15-8(13)4-7-5-16-10(12-7)17-6(2)9(11)14/h5-6H,3-4H2,1-2H3,(H2,11,14)/t6-/m0/s1. The number of hydrogen-bond acceptors (Lipinski definition) is 6. The van der Waals surface area contributed by atoms with Crippen molar-refractivity contribution in [2.45, 2.75) is 29.9 Å². The molecule has 1 amide bonds. The number of aromatic nitrogens is 1. The van der Waals surface area contributed by atoms with Gasteiger partial charge in [-0.05, 0) is 13.8 Å². The maximum atomic E-state index is 11.2. The second kappa shape index (κ2) is 6.61. The lowest BCUT2D eigenvalue weighted by atomic mass is 10.3. The molecule has 0 radical (unpaired) electrons. The van der Waals surface area contributed by atoms with Crippen molar-refractivity contribution in [2.24, 2.45) is 5.73 Å². The number of nitrogens with two attached hydrogens (primary N) is 1. The van der Waals surface area contributed by atoms with Gasteiger partial charge < -0.3 is 10.5 Å². The highest BCUT2D eigenvalue weighted by Crippen LogP contribution is 2.26. The number of ether oxygens (including phenoxy) is 1. The highest BCUT2D eigenvalue weighted by atomic mass is 32.2. The Labute approximate surface area is 108 Å². The smallest absolute Gasteiger partial charge is 0.311 e. The van der Waals surface area contributed by atoms with Gasteiger partial charge in [-0.25, -0.2) is 4.98 Å². The fraction of sp³-hybridized carbons (Fsp3) is 0.500. The van der Waals surface area contributed by atoms with Crippen LogP contribution in [0.25, 0.3) is 0 Å². The summed E-state index contributed by atoms with van der Waals surface area (Å²) in [6.07, 6.45) is 0.163. The summed E-state index contributed by atoms with van der Waals surface area (Å²) in [5.41, 5.74) is 5.81. The normalized spacial score (nSPS) is 12.1. The van der Waals surface area contributed by atoms with Crippen LogP contribution >= 0.6 is 23.1 Å². The van der Waals surface area contributed by atoms with E-state index in [0.29, 0.717) is 12.3 Å². The largest absolute Gasteiger partial charge is 0.466 e. The van der Waals surface area contributed by atoms with E-state index in [1.807, 2.05) is 0 Å². The predicted octanol–water partition coefficient (Wildman–Crippen LogP) is 1.21. The molecule has 1 aromatic rings. The van der Waals surface area contributed by atoms with Gasteiger partial charge in [-0.1, -0.05) is 11.8 Å². The monoisotopic (exact) mass is 274 g/mol. The van der Waals surface area contributed by atoms with Gasteiger partial charge in [0.25, 0.3) is 0 Å². The first-order valence-electron chi connectivity index (χ1n) is 5.09. The molecule has 17 heavy (non-hydrogen) atoms. The van der Waals surface area contributed by atoms with Crippen LogP contribution in [0.1, 0.15) is 19.5 Å². The molecule has 0 spiro atoms. The molecule has 0 fully saturated rings. The second-order valence-corrected chi connectivity index (χ2v) is 5.70. The van der Waals surface area contributed by atoms with E-state index in [1.54, 1.807) is 19.2 Å². The van der Waals surface area contributed by atoms with Crippen LogP contribution in [0.15, 0.2) is 9.72 Å². The summed E-state index contributed by atoms with van der Waals surface area (Å²) >= 11 is 2.69. The van der Waals surface area contributed by atoms with Gasteiger partial charge in [0.1, 0.15) is 0 Å². The fourth-order valence-electron chi connectivity index (χ4n) is 0.993. The third kappa shape index (κ3) is 4.74. The Morgan fingerprint density at radius 1 is 1.65 bits per heavy atom. The van der Waals surface area contributed by atoms with Gasteiger partial charge in [-0.3, -0.25) is 9.59 Å². The van der Waals surface area contributed by atoms with E-state index in [1.165, 1.54) is 23.1 Å². The Kier molecular flexibility index (Phi) is 5.43. The number of rotatable bonds is 6. The van der Waals surface area contributed by atoms with Crippen LogP contribution in [0.4, 0.5) is 0 Å². The van der Waals surface area contributed by atoms with Crippen molar-refractivity contribution in [1.82, 2.24) is 4.98 Å². The van der Waals surface area contributed by atoms with Crippen LogP contribution in [-0.4, -0.2) is 28.7 Å². The zero-order chi connectivity index (χ0) is 12.8. The molecule has 0 bridgehead atoms. The first-order chi connectivity index (χ1) is 8.02. The summed E-state index contributed by atoms with van der Waals surface area (Å²) in [5.74, 6) is -0.672. The zero-order valence-corrected chi connectivity index (χ0v) is 11.3. The summed E-state index contributed by atoms with van der Waals surface area (Å²) in [7, 11) is 0. The Bertz CT molecular complexity index is 406. The average Bonchev–Trinajstić information content (AvgIpc) is 2.65. The van der Waals surface area contributed by atoms with Crippen molar-refractivity contribution in [3.05, 3.63) is 11.1 Å². The van der Waals surface area contributed by atoms with E-state index >= 15 is 0 Å². The van der Waals surface area contributed by atoms with Crippen LogP contribution < -0.4 is 5.73 Å². The maximum Gasteiger partial charge on any atom is 0.311 e. The maximum absolute atomic E-state index is 11.2. The first kappa shape index (κ1) is 14.0. The summed E-state index contributed by atoms with van der Waals surface area (Å²) < 4.78 is 5.55. The van der Waals surface area contributed by atoms with Gasteiger partial charge in [0.15, 0.2) is 4.34 Å². The number of carbonyl (C=O) groups is 2. The van der Waals surface area contributed by atoms with E-state index < -0.39 is 0 Å². The van der Waals surface area contributed by atoms with Gasteiger partial charge in [-0.2, -0.15) is 0 Å². The molecule has 0 aromatic carbocycles. The Balaban J connectivity index is 2.53. The third-order valence-corrected chi connectivity index (χ3v) is 3.98. The van der Waals surface area contributed by atoms with Crippen molar-refractivity contribution in [3.63, 3.8) is 0 Å². The minimum absolute atomic E-state index is 0.163. The number of nitrogens with zero attached hydrogens (tertiary/aromatic N) is 1. The number of thioether (sulfide) groups is 1. The van der Waals surface area contributed by atoms with Crippen LogP contribution in [0.3, 0.4) is 0 Å². The summed E-state index contributed by atoms with van der Waals surface area (Å²) in [6.45, 7) is 3.84. The molecule has 1 atom stereocenters. The molecule has 1 aromatic heterocycles. The minimum Gasteiger partial charge on any atom is -0.466 e. The number of esters is 1. The van der Waals surface area contributed by atoms with Crippen molar-refractivity contribution in [2.75, 3.05) is 6.61 Å². The number of hydrogen-bond donors (Lipinski definition) is 1. The van der Waals surface area contributed by atoms with E-state index in [9.17, 15) is 9.59 Å². The quantitative estimate of drug-likeness (QED) is 0.623. The van der Waals surface area contributed by atoms with Gasteiger partial charge in [-0.15, -0.1) is 11.3 Å². The van der Waals surface area contributed by atoms with E-state index in [-0.39, 0.29) is 23.5 Å². The topological polar surface area (TPSA) is 82.3 Å². The lowest BCUT2D eigenvalue weighted by Gasteiger charge is -2.02. The second-order valence-electron chi connectivity index (χ2n) is 3.25. The molecule has 2 N–H and O–H groups in total. The minimum atomic E-state index is -0.378. The molecule has 1 heterocycles. The van der Waals surface area contributed by atoms with Gasteiger partial charge >= 0.3 is 5.97 Å². The number of amides is 1. The predicted molar refractivity (Wildman–Crippen MR) is 67.0 cm³/mol. The lowest BCUT2D eigenvalue weighted by molar-refractivity contribution is -0.142. The fourth-order valence-corrected chi connectivity index (χ4v) is 2.92.